The van der Waals surface area contributed by atoms with E-state index in [-0.39, 0.29) is 25.5 Å². The summed E-state index contributed by atoms with van der Waals surface area (Å²) in [7, 11) is 1.87. The van der Waals surface area contributed by atoms with E-state index in [1.165, 1.54) is 0 Å². The third kappa shape index (κ3) is 1.97. The molecule has 2 aliphatic heterocycles. The van der Waals surface area contributed by atoms with Gasteiger partial charge in [0.2, 0.25) is 0 Å². The van der Waals surface area contributed by atoms with E-state index in [4.69, 9.17) is 0 Å². The zero-order chi connectivity index (χ0) is 15.0. The fourth-order valence-corrected chi connectivity index (χ4v) is 3.11. The normalized spacial score (nSPS) is 24.9. The van der Waals surface area contributed by atoms with Crippen molar-refractivity contribution in [3.63, 3.8) is 0 Å². The van der Waals surface area contributed by atoms with Gasteiger partial charge in [0.05, 0.1) is 6.61 Å². The Morgan fingerprint density at radius 3 is 2.86 bits per heavy atom. The summed E-state index contributed by atoms with van der Waals surface area (Å²) in [6.07, 6.45) is 5.12. The number of carbonyl (C=O) groups excluding carboxylic acids is 1. The van der Waals surface area contributed by atoms with E-state index in [1.807, 2.05) is 24.1 Å². The van der Waals surface area contributed by atoms with Gasteiger partial charge in [-0.25, -0.2) is 0 Å². The number of para-hydroxylation sites is 1. The molecular weight excluding hydrogens is 268 g/mol. The molecule has 5 nitrogen and oxygen atoms in total. The molecule has 0 saturated heterocycles. The summed E-state index contributed by atoms with van der Waals surface area (Å²) in [5.41, 5.74) is 0.509. The van der Waals surface area contributed by atoms with Gasteiger partial charge in [-0.2, -0.15) is 0 Å². The Kier molecular flexibility index (Phi) is 3.31. The molecule has 5 heteroatoms. The first-order valence-corrected chi connectivity index (χ1v) is 6.88. The van der Waals surface area contributed by atoms with Crippen LogP contribution in [0, 0.1) is 10.6 Å². The van der Waals surface area contributed by atoms with Crippen molar-refractivity contribution in [1.29, 1.82) is 0 Å². The van der Waals surface area contributed by atoms with E-state index in [9.17, 15) is 15.1 Å². The zero-order valence-electron chi connectivity index (χ0n) is 11.8. The van der Waals surface area contributed by atoms with Gasteiger partial charge in [-0.3, -0.25) is 4.79 Å². The highest BCUT2D eigenvalue weighted by Gasteiger charge is 2.47. The molecule has 0 fully saturated rings. The van der Waals surface area contributed by atoms with Gasteiger partial charge >= 0.3 is 0 Å². The van der Waals surface area contributed by atoms with Gasteiger partial charge in [0.25, 0.3) is 0 Å². The number of carbonyl (C=O) groups is 1. The zero-order valence-corrected chi connectivity index (χ0v) is 11.8. The first-order chi connectivity index (χ1) is 10.1. The second-order valence-corrected chi connectivity index (χ2v) is 5.48. The Balaban J connectivity index is 2.14. The molecule has 0 aromatic heterocycles. The molecule has 0 spiro atoms. The quantitative estimate of drug-likeness (QED) is 0.893. The molecule has 0 bridgehead atoms. The van der Waals surface area contributed by atoms with Crippen molar-refractivity contribution in [2.45, 2.75) is 0 Å². The predicted molar refractivity (Wildman–Crippen MR) is 80.9 cm³/mol. The van der Waals surface area contributed by atoms with Gasteiger partial charge in [-0.1, -0.05) is 24.3 Å². The molecule has 1 unspecified atom stereocenters. The maximum absolute atomic E-state index is 12.9. The maximum Gasteiger partial charge on any atom is 0.181 e. The number of allylic oxidation sites excluding steroid dienone is 2. The smallest absolute Gasteiger partial charge is 0.181 e. The standard InChI is InChI=1S/C16H17N2O3/c1-17-10-16(11-19,14-8-4-5-9-18(14)21)15(20)12-6-2-3-7-13(12)17/h2-8,19H,9-11H2,1H3/q-1. The van der Waals surface area contributed by atoms with Crippen LogP contribution < -0.4 is 4.90 Å². The lowest BCUT2D eigenvalue weighted by atomic mass is 9.73. The minimum Gasteiger partial charge on any atom is -0.758 e. The summed E-state index contributed by atoms with van der Waals surface area (Å²) in [6, 6.07) is 7.28. The summed E-state index contributed by atoms with van der Waals surface area (Å²) >= 11 is 0. The first-order valence-electron chi connectivity index (χ1n) is 6.88. The molecule has 0 aliphatic carbocycles. The summed E-state index contributed by atoms with van der Waals surface area (Å²) in [5.74, 6) is -0.193. The Labute approximate surface area is 123 Å². The highest BCUT2D eigenvalue weighted by Crippen LogP contribution is 2.42. The molecule has 3 rings (SSSR count). The van der Waals surface area contributed by atoms with Crippen molar-refractivity contribution in [2.24, 2.45) is 5.41 Å². The molecule has 1 atom stereocenters. The fraction of sp³-hybridized carbons (Fsp3) is 0.312. The molecule has 2 aliphatic rings. The van der Waals surface area contributed by atoms with Gasteiger partial charge in [-0.15, -0.1) is 0 Å². The summed E-state index contributed by atoms with van der Waals surface area (Å²) in [4.78, 5) is 14.9. The highest BCUT2D eigenvalue weighted by molar-refractivity contribution is 6.09. The monoisotopic (exact) mass is 285 g/mol. The van der Waals surface area contributed by atoms with Crippen LogP contribution in [0.15, 0.2) is 48.2 Å². The summed E-state index contributed by atoms with van der Waals surface area (Å²) in [6.45, 7) is 0.104. The minimum absolute atomic E-state index is 0.193. The van der Waals surface area contributed by atoms with Crippen LogP contribution in [0.5, 0.6) is 0 Å². The topological polar surface area (TPSA) is 66.8 Å². The van der Waals surface area contributed by atoms with E-state index in [0.717, 1.165) is 10.8 Å². The minimum atomic E-state index is -1.20. The Hall–Kier alpha value is -2.11. The van der Waals surface area contributed by atoms with Crippen LogP contribution in [0.4, 0.5) is 5.69 Å². The lowest BCUT2D eigenvalue weighted by molar-refractivity contribution is 0.0676. The van der Waals surface area contributed by atoms with Gasteiger partial charge < -0.3 is 20.3 Å². The molecule has 1 aromatic rings. The number of benzene rings is 1. The van der Waals surface area contributed by atoms with Crippen LogP contribution in [0.3, 0.4) is 0 Å². The first kappa shape index (κ1) is 13.9. The van der Waals surface area contributed by atoms with Gasteiger partial charge in [0, 0.05) is 37.1 Å². The van der Waals surface area contributed by atoms with Gasteiger partial charge in [0.1, 0.15) is 5.41 Å². The third-order valence-corrected chi connectivity index (χ3v) is 4.19. The van der Waals surface area contributed by atoms with Crippen molar-refractivity contribution in [1.82, 2.24) is 5.06 Å². The van der Waals surface area contributed by atoms with Crippen LogP contribution in [-0.2, 0) is 0 Å². The van der Waals surface area contributed by atoms with E-state index in [1.54, 1.807) is 30.4 Å². The van der Waals surface area contributed by atoms with Crippen molar-refractivity contribution >= 4 is 11.5 Å². The number of fused-ring (bicyclic) bond motifs is 1. The number of aliphatic hydroxyl groups excluding tert-OH is 1. The number of hydrogen-bond acceptors (Lipinski definition) is 5. The number of anilines is 1. The average Bonchev–Trinajstić information content (AvgIpc) is 2.52. The Morgan fingerprint density at radius 2 is 2.14 bits per heavy atom. The predicted octanol–water partition coefficient (Wildman–Crippen LogP) is 1.55. The lowest BCUT2D eigenvalue weighted by Gasteiger charge is -2.48. The maximum atomic E-state index is 12.9. The molecule has 0 amide bonds. The highest BCUT2D eigenvalue weighted by atomic mass is 16.5. The molecule has 1 N–H and O–H groups in total. The van der Waals surface area contributed by atoms with Crippen LogP contribution in [0.2, 0.25) is 0 Å². The van der Waals surface area contributed by atoms with E-state index in [2.05, 4.69) is 0 Å². The molecule has 21 heavy (non-hydrogen) atoms. The Morgan fingerprint density at radius 1 is 1.38 bits per heavy atom. The van der Waals surface area contributed by atoms with Crippen molar-refractivity contribution < 1.29 is 9.90 Å². The second kappa shape index (κ2) is 5.02. The molecule has 0 saturated carbocycles. The Bertz CT molecular complexity index is 638. The van der Waals surface area contributed by atoms with E-state index >= 15 is 0 Å². The number of hydroxylamine groups is 2. The largest absolute Gasteiger partial charge is 0.758 e. The molecular formula is C16H17N2O3-. The number of nitrogens with zero attached hydrogens (tertiary/aromatic N) is 2. The third-order valence-electron chi connectivity index (χ3n) is 4.19. The van der Waals surface area contributed by atoms with Crippen LogP contribution >= 0.6 is 0 Å². The van der Waals surface area contributed by atoms with Crippen LogP contribution in [0.25, 0.3) is 0 Å². The summed E-state index contributed by atoms with van der Waals surface area (Å²) < 4.78 is 0. The number of Topliss-reactive ketones (excluding diaryl/α,β-unsaturated/α-hetero) is 1. The van der Waals surface area contributed by atoms with Gasteiger partial charge in [0.15, 0.2) is 5.78 Å². The van der Waals surface area contributed by atoms with Crippen molar-refractivity contribution in [3.8, 4) is 0 Å². The second-order valence-electron chi connectivity index (χ2n) is 5.48. The number of ketones is 1. The molecule has 2 heterocycles. The lowest BCUT2D eigenvalue weighted by Crippen LogP contribution is -2.53. The van der Waals surface area contributed by atoms with Crippen molar-refractivity contribution in [2.75, 3.05) is 31.6 Å². The summed E-state index contributed by atoms with van der Waals surface area (Å²) in [5, 5.41) is 22.9. The fourth-order valence-electron chi connectivity index (χ4n) is 3.11. The van der Waals surface area contributed by atoms with E-state index in [0.29, 0.717) is 11.3 Å². The number of aliphatic hydroxyl groups is 1. The molecule has 110 valence electrons. The van der Waals surface area contributed by atoms with E-state index < -0.39 is 5.41 Å². The van der Waals surface area contributed by atoms with Crippen LogP contribution in [-0.4, -0.2) is 42.7 Å². The SMILES string of the molecule is CN1CC(CO)(C2=CC=CCN2[O-])C(=O)c2ccccc21. The van der Waals surface area contributed by atoms with Crippen LogP contribution in [0.1, 0.15) is 10.4 Å². The number of rotatable bonds is 2. The molecule has 1 aromatic carbocycles. The molecule has 0 radical (unpaired) electrons. The average molecular weight is 285 g/mol. The van der Waals surface area contributed by atoms with Crippen molar-refractivity contribution in [3.05, 3.63) is 59.0 Å². The van der Waals surface area contributed by atoms with Gasteiger partial charge in [-0.05, 0) is 18.2 Å². The number of hydrogen-bond donors (Lipinski definition) is 1.